The number of benzene rings is 1. The maximum Gasteiger partial charge on any atom is 0.322 e. The van der Waals surface area contributed by atoms with Crippen molar-refractivity contribution in [1.82, 2.24) is 9.88 Å². The van der Waals surface area contributed by atoms with Crippen LogP contribution in [0.3, 0.4) is 0 Å². The molecule has 0 bridgehead atoms. The van der Waals surface area contributed by atoms with E-state index in [0.717, 1.165) is 24.1 Å². The minimum absolute atomic E-state index is 0.172. The predicted octanol–water partition coefficient (Wildman–Crippen LogP) is 3.52. The van der Waals surface area contributed by atoms with Crippen LogP contribution in [0.1, 0.15) is 26.7 Å². The average Bonchev–Trinajstić information content (AvgIpc) is 3.06. The summed E-state index contributed by atoms with van der Waals surface area (Å²) in [6, 6.07) is 13.1. The van der Waals surface area contributed by atoms with Crippen molar-refractivity contribution in [1.29, 1.82) is 0 Å². The molecule has 1 aliphatic rings. The molecule has 1 fully saturated rings. The summed E-state index contributed by atoms with van der Waals surface area (Å²) in [5, 5.41) is 13.3. The zero-order chi connectivity index (χ0) is 17.2. The zero-order valence-electron chi connectivity index (χ0n) is 14.1. The van der Waals surface area contributed by atoms with E-state index in [1.54, 1.807) is 31.0 Å². The number of hydrogen-bond donors (Lipinski definition) is 2. The van der Waals surface area contributed by atoms with Crippen LogP contribution in [0.25, 0.3) is 11.3 Å². The number of rotatable bonds is 3. The number of amides is 2. The molecule has 1 aliphatic heterocycles. The van der Waals surface area contributed by atoms with Gasteiger partial charge in [0.1, 0.15) is 0 Å². The summed E-state index contributed by atoms with van der Waals surface area (Å²) in [6.45, 7) is 4.16. The fourth-order valence-electron chi connectivity index (χ4n) is 3.26. The van der Waals surface area contributed by atoms with Gasteiger partial charge in [-0.25, -0.2) is 4.79 Å². The van der Waals surface area contributed by atoms with Crippen LogP contribution in [-0.4, -0.2) is 39.2 Å². The molecule has 1 unspecified atom stereocenters. The Morgan fingerprint density at radius 1 is 1.25 bits per heavy atom. The molecule has 2 amide bonds. The number of anilines is 1. The van der Waals surface area contributed by atoms with Crippen molar-refractivity contribution >= 4 is 11.7 Å². The molecule has 2 heterocycles. The van der Waals surface area contributed by atoms with Gasteiger partial charge in [0.15, 0.2) is 0 Å². The minimum atomic E-state index is -0.912. The van der Waals surface area contributed by atoms with Gasteiger partial charge >= 0.3 is 6.03 Å². The second kappa shape index (κ2) is 6.61. The Kier molecular flexibility index (Phi) is 4.53. The summed E-state index contributed by atoms with van der Waals surface area (Å²) in [5.41, 5.74) is 1.46. The van der Waals surface area contributed by atoms with Gasteiger partial charge in [0.05, 0.1) is 23.0 Å². The number of aliphatic hydroxyl groups is 1. The van der Waals surface area contributed by atoms with Gasteiger partial charge in [-0.15, -0.1) is 0 Å². The van der Waals surface area contributed by atoms with Crippen LogP contribution in [-0.2, 0) is 0 Å². The molecule has 0 saturated carbocycles. The van der Waals surface area contributed by atoms with Crippen LogP contribution in [0.15, 0.2) is 48.7 Å². The molecule has 2 aromatic rings. The number of hydrogen-bond acceptors (Lipinski definition) is 3. The summed E-state index contributed by atoms with van der Waals surface area (Å²) in [5.74, 6) is 0. The molecule has 126 valence electrons. The summed E-state index contributed by atoms with van der Waals surface area (Å²) in [6.07, 6.45) is 3.43. The molecule has 0 aliphatic carbocycles. The summed E-state index contributed by atoms with van der Waals surface area (Å²) in [7, 11) is 0. The molecule has 5 heteroatoms. The Morgan fingerprint density at radius 3 is 2.71 bits per heavy atom. The maximum atomic E-state index is 12.7. The number of nitrogens with one attached hydrogen (secondary N) is 1. The molecule has 0 radical (unpaired) electrons. The molecule has 1 saturated heterocycles. The number of aromatic nitrogens is 1. The van der Waals surface area contributed by atoms with Crippen molar-refractivity contribution in [3.8, 4) is 11.3 Å². The van der Waals surface area contributed by atoms with Gasteiger partial charge in [-0.05, 0) is 38.8 Å². The SMILES string of the molecule is CC(C)(O)C1CCCN1C(=O)Nc1cccnc1-c1ccccc1. The quantitative estimate of drug-likeness (QED) is 0.907. The van der Waals surface area contributed by atoms with Crippen LogP contribution in [0.4, 0.5) is 10.5 Å². The Bertz CT molecular complexity index is 710. The van der Waals surface area contributed by atoms with Crippen molar-refractivity contribution < 1.29 is 9.90 Å². The molecule has 3 rings (SSSR count). The van der Waals surface area contributed by atoms with E-state index in [1.807, 2.05) is 36.4 Å². The summed E-state index contributed by atoms with van der Waals surface area (Å²) in [4.78, 5) is 18.9. The van der Waals surface area contributed by atoms with Gasteiger partial charge in [0, 0.05) is 18.3 Å². The Labute approximate surface area is 142 Å². The fraction of sp³-hybridized carbons (Fsp3) is 0.368. The van der Waals surface area contributed by atoms with Crippen LogP contribution in [0.2, 0.25) is 0 Å². The summed E-state index contributed by atoms with van der Waals surface area (Å²) >= 11 is 0. The molecular weight excluding hydrogens is 302 g/mol. The molecule has 1 aromatic carbocycles. The first-order valence-corrected chi connectivity index (χ1v) is 8.27. The van der Waals surface area contributed by atoms with Gasteiger partial charge in [0.25, 0.3) is 0 Å². The van der Waals surface area contributed by atoms with Crippen molar-refractivity contribution in [3.63, 3.8) is 0 Å². The number of carbonyl (C=O) groups excluding carboxylic acids is 1. The van der Waals surface area contributed by atoms with Crippen molar-refractivity contribution in [2.24, 2.45) is 0 Å². The molecular formula is C19H23N3O2. The third kappa shape index (κ3) is 3.41. The molecule has 1 atom stereocenters. The lowest BCUT2D eigenvalue weighted by atomic mass is 9.97. The van der Waals surface area contributed by atoms with E-state index in [-0.39, 0.29) is 12.1 Å². The third-order valence-corrected chi connectivity index (χ3v) is 4.43. The molecule has 0 spiro atoms. The minimum Gasteiger partial charge on any atom is -0.388 e. The smallest absolute Gasteiger partial charge is 0.322 e. The van der Waals surface area contributed by atoms with E-state index in [4.69, 9.17) is 0 Å². The largest absolute Gasteiger partial charge is 0.388 e. The van der Waals surface area contributed by atoms with E-state index < -0.39 is 5.60 Å². The van der Waals surface area contributed by atoms with Gasteiger partial charge < -0.3 is 15.3 Å². The van der Waals surface area contributed by atoms with E-state index in [9.17, 15) is 9.90 Å². The number of likely N-dealkylation sites (tertiary alicyclic amines) is 1. The number of urea groups is 1. The standard InChI is InChI=1S/C19H23N3O2/c1-19(2,24)16-11-7-13-22(16)18(23)21-15-10-6-12-20-17(15)14-8-4-3-5-9-14/h3-6,8-10,12,16,24H,7,11,13H2,1-2H3,(H,21,23). The maximum absolute atomic E-state index is 12.7. The number of carbonyl (C=O) groups is 1. The average molecular weight is 325 g/mol. The Balaban J connectivity index is 1.83. The summed E-state index contributed by atoms with van der Waals surface area (Å²) < 4.78 is 0. The van der Waals surface area contributed by atoms with Gasteiger partial charge in [-0.2, -0.15) is 0 Å². The monoisotopic (exact) mass is 325 g/mol. The highest BCUT2D eigenvalue weighted by Gasteiger charge is 2.38. The van der Waals surface area contributed by atoms with Crippen LogP contribution >= 0.6 is 0 Å². The van der Waals surface area contributed by atoms with E-state index in [1.165, 1.54) is 0 Å². The first-order valence-electron chi connectivity index (χ1n) is 8.27. The van der Waals surface area contributed by atoms with Gasteiger partial charge in [0.2, 0.25) is 0 Å². The van der Waals surface area contributed by atoms with E-state index >= 15 is 0 Å². The second-order valence-electron chi connectivity index (χ2n) is 6.70. The molecule has 1 aromatic heterocycles. The van der Waals surface area contributed by atoms with Crippen LogP contribution in [0, 0.1) is 0 Å². The van der Waals surface area contributed by atoms with E-state index in [0.29, 0.717) is 12.2 Å². The third-order valence-electron chi connectivity index (χ3n) is 4.43. The van der Waals surface area contributed by atoms with E-state index in [2.05, 4.69) is 10.3 Å². The zero-order valence-corrected chi connectivity index (χ0v) is 14.1. The molecule has 2 N–H and O–H groups in total. The molecule has 5 nitrogen and oxygen atoms in total. The fourth-order valence-corrected chi connectivity index (χ4v) is 3.26. The van der Waals surface area contributed by atoms with Crippen LogP contribution in [0.5, 0.6) is 0 Å². The highest BCUT2D eigenvalue weighted by molar-refractivity contribution is 5.93. The number of pyridine rings is 1. The van der Waals surface area contributed by atoms with Crippen molar-refractivity contribution in [3.05, 3.63) is 48.7 Å². The highest BCUT2D eigenvalue weighted by Crippen LogP contribution is 2.29. The normalized spacial score (nSPS) is 17.8. The predicted molar refractivity (Wildman–Crippen MR) is 94.7 cm³/mol. The van der Waals surface area contributed by atoms with Gasteiger partial charge in [-0.3, -0.25) is 4.98 Å². The lowest BCUT2D eigenvalue weighted by Crippen LogP contribution is -2.49. The first-order chi connectivity index (χ1) is 11.5. The lowest BCUT2D eigenvalue weighted by Gasteiger charge is -2.33. The van der Waals surface area contributed by atoms with Gasteiger partial charge in [-0.1, -0.05) is 30.3 Å². The topological polar surface area (TPSA) is 65.5 Å². The Hall–Kier alpha value is -2.40. The lowest BCUT2D eigenvalue weighted by molar-refractivity contribution is 0.0117. The highest BCUT2D eigenvalue weighted by atomic mass is 16.3. The van der Waals surface area contributed by atoms with Crippen molar-refractivity contribution in [2.45, 2.75) is 38.3 Å². The first kappa shape index (κ1) is 16.5. The van der Waals surface area contributed by atoms with Crippen LogP contribution < -0.4 is 5.32 Å². The molecule has 24 heavy (non-hydrogen) atoms. The second-order valence-corrected chi connectivity index (χ2v) is 6.70. The number of nitrogens with zero attached hydrogens (tertiary/aromatic N) is 2. The Morgan fingerprint density at radius 2 is 2.00 bits per heavy atom. The van der Waals surface area contributed by atoms with Crippen molar-refractivity contribution in [2.75, 3.05) is 11.9 Å².